The summed E-state index contributed by atoms with van der Waals surface area (Å²) in [6.45, 7) is 14.4. The third kappa shape index (κ3) is 5.10. The number of hydrogen-bond donors (Lipinski definition) is 1. The topological polar surface area (TPSA) is 38.3 Å². The molecule has 0 heterocycles. The molecule has 0 aromatic heterocycles. The summed E-state index contributed by atoms with van der Waals surface area (Å²) in [7, 11) is 0. The third-order valence-corrected chi connectivity index (χ3v) is 4.65. The third-order valence-electron chi connectivity index (χ3n) is 4.65. The van der Waals surface area contributed by atoms with Crippen molar-refractivity contribution < 1.29 is 9.53 Å². The van der Waals surface area contributed by atoms with Crippen LogP contribution in [0.25, 0.3) is 0 Å². The largest absolute Gasteiger partial charge is 0.481 e. The van der Waals surface area contributed by atoms with Gasteiger partial charge in [0.15, 0.2) is 6.10 Å². The highest BCUT2D eigenvalue weighted by Gasteiger charge is 2.19. The van der Waals surface area contributed by atoms with E-state index in [9.17, 15) is 4.79 Å². The van der Waals surface area contributed by atoms with Crippen LogP contribution in [0.2, 0.25) is 0 Å². The molecule has 26 heavy (non-hydrogen) atoms. The van der Waals surface area contributed by atoms with Crippen molar-refractivity contribution in [2.24, 2.45) is 0 Å². The lowest BCUT2D eigenvalue weighted by atomic mass is 9.87. The summed E-state index contributed by atoms with van der Waals surface area (Å²) in [5.74, 6) is 0.595. The first-order valence-corrected chi connectivity index (χ1v) is 9.22. The maximum atomic E-state index is 12.5. The first-order valence-electron chi connectivity index (χ1n) is 9.22. The normalized spacial score (nSPS) is 13.8. The van der Waals surface area contributed by atoms with E-state index in [2.05, 4.69) is 70.3 Å². The van der Waals surface area contributed by atoms with E-state index in [1.807, 2.05) is 19.1 Å². The van der Waals surface area contributed by atoms with Crippen molar-refractivity contribution in [2.75, 3.05) is 0 Å². The molecule has 3 heteroatoms. The number of carbonyl (C=O) groups is 1. The highest BCUT2D eigenvalue weighted by molar-refractivity contribution is 5.81. The van der Waals surface area contributed by atoms with E-state index in [0.29, 0.717) is 5.75 Å². The summed E-state index contributed by atoms with van der Waals surface area (Å²) >= 11 is 0. The first kappa shape index (κ1) is 20.0. The molecule has 0 aliphatic carbocycles. The second kappa shape index (κ2) is 7.94. The first-order chi connectivity index (χ1) is 12.1. The van der Waals surface area contributed by atoms with Crippen LogP contribution in [0.15, 0.2) is 42.5 Å². The van der Waals surface area contributed by atoms with Crippen LogP contribution in [-0.4, -0.2) is 12.0 Å². The van der Waals surface area contributed by atoms with Crippen LogP contribution in [0, 0.1) is 13.8 Å². The van der Waals surface area contributed by atoms with Gasteiger partial charge < -0.3 is 10.1 Å². The minimum Gasteiger partial charge on any atom is -0.481 e. The second-order valence-corrected chi connectivity index (χ2v) is 8.12. The van der Waals surface area contributed by atoms with E-state index in [0.717, 1.165) is 5.56 Å². The van der Waals surface area contributed by atoms with Crippen molar-refractivity contribution in [3.8, 4) is 5.75 Å². The minimum absolute atomic E-state index is 0.0579. The predicted molar refractivity (Wildman–Crippen MR) is 108 cm³/mol. The number of hydrogen-bond acceptors (Lipinski definition) is 2. The number of aryl methyl sites for hydroxylation is 2. The molecule has 0 aliphatic heterocycles. The molecule has 2 aromatic rings. The molecule has 140 valence electrons. The van der Waals surface area contributed by atoms with Gasteiger partial charge in [0, 0.05) is 0 Å². The lowest BCUT2D eigenvalue weighted by Gasteiger charge is -2.22. The average Bonchev–Trinajstić information content (AvgIpc) is 2.54. The number of carbonyl (C=O) groups excluding carboxylic acids is 1. The molecule has 3 nitrogen and oxygen atoms in total. The van der Waals surface area contributed by atoms with Gasteiger partial charge in [0.1, 0.15) is 5.75 Å². The van der Waals surface area contributed by atoms with Crippen LogP contribution >= 0.6 is 0 Å². The summed E-state index contributed by atoms with van der Waals surface area (Å²) in [4.78, 5) is 12.5. The van der Waals surface area contributed by atoms with Gasteiger partial charge in [0.25, 0.3) is 5.91 Å². The lowest BCUT2D eigenvalue weighted by Crippen LogP contribution is -2.38. The van der Waals surface area contributed by atoms with Crippen LogP contribution in [0.3, 0.4) is 0 Å². The van der Waals surface area contributed by atoms with Crippen LogP contribution in [-0.2, 0) is 10.2 Å². The van der Waals surface area contributed by atoms with Crippen LogP contribution in [0.1, 0.15) is 62.9 Å². The SMILES string of the molecule is Cc1ccc(C(C)NC(=O)C(C)Oc2ccc(C(C)(C)C)cc2)c(C)c1. The smallest absolute Gasteiger partial charge is 0.261 e. The molecule has 0 spiro atoms. The Morgan fingerprint density at radius 2 is 1.62 bits per heavy atom. The van der Waals surface area contributed by atoms with Gasteiger partial charge in [-0.2, -0.15) is 0 Å². The zero-order valence-corrected chi connectivity index (χ0v) is 17.0. The van der Waals surface area contributed by atoms with Crippen molar-refractivity contribution in [3.63, 3.8) is 0 Å². The average molecular weight is 354 g/mol. The van der Waals surface area contributed by atoms with E-state index in [4.69, 9.17) is 4.74 Å². The Bertz CT molecular complexity index is 757. The molecule has 2 aromatic carbocycles. The van der Waals surface area contributed by atoms with Gasteiger partial charge >= 0.3 is 0 Å². The summed E-state index contributed by atoms with van der Waals surface area (Å²) in [5, 5.41) is 3.05. The number of rotatable bonds is 5. The Labute approximate surface area is 157 Å². The lowest BCUT2D eigenvalue weighted by molar-refractivity contribution is -0.127. The summed E-state index contributed by atoms with van der Waals surface area (Å²) < 4.78 is 5.82. The molecule has 2 rings (SSSR count). The Kier molecular flexibility index (Phi) is 6.12. The Balaban J connectivity index is 1.98. The van der Waals surface area contributed by atoms with Crippen LogP contribution < -0.4 is 10.1 Å². The second-order valence-electron chi connectivity index (χ2n) is 8.12. The number of nitrogens with one attached hydrogen (secondary N) is 1. The number of benzene rings is 2. The van der Waals surface area contributed by atoms with Gasteiger partial charge in [-0.1, -0.05) is 56.7 Å². The van der Waals surface area contributed by atoms with Gasteiger partial charge in [0.05, 0.1) is 6.04 Å². The maximum absolute atomic E-state index is 12.5. The monoisotopic (exact) mass is 353 g/mol. The molecule has 0 fully saturated rings. The van der Waals surface area contributed by atoms with Gasteiger partial charge in [0.2, 0.25) is 0 Å². The molecule has 0 bridgehead atoms. The van der Waals surface area contributed by atoms with Crippen molar-refractivity contribution in [1.29, 1.82) is 0 Å². The van der Waals surface area contributed by atoms with E-state index in [1.165, 1.54) is 16.7 Å². The van der Waals surface area contributed by atoms with E-state index in [1.54, 1.807) is 6.92 Å². The summed E-state index contributed by atoms with van der Waals surface area (Å²) in [6.07, 6.45) is -0.552. The fourth-order valence-electron chi connectivity index (χ4n) is 3.01. The van der Waals surface area contributed by atoms with E-state index in [-0.39, 0.29) is 17.4 Å². The molecule has 0 radical (unpaired) electrons. The summed E-state index contributed by atoms with van der Waals surface area (Å²) in [6, 6.07) is 14.2. The standard InChI is InChI=1S/C23H31NO2/c1-15-8-13-21(16(2)14-15)17(3)24-22(25)18(4)26-20-11-9-19(10-12-20)23(5,6)7/h8-14,17-18H,1-7H3,(H,24,25). The molecule has 0 saturated heterocycles. The fourth-order valence-corrected chi connectivity index (χ4v) is 3.01. The molecular weight excluding hydrogens is 322 g/mol. The molecular formula is C23H31NO2. The van der Waals surface area contributed by atoms with Gasteiger partial charge in [-0.3, -0.25) is 4.79 Å². The van der Waals surface area contributed by atoms with Crippen molar-refractivity contribution in [2.45, 2.75) is 66.0 Å². The van der Waals surface area contributed by atoms with Crippen molar-refractivity contribution >= 4 is 5.91 Å². The van der Waals surface area contributed by atoms with E-state index < -0.39 is 6.10 Å². The van der Waals surface area contributed by atoms with Gasteiger partial charge in [-0.15, -0.1) is 0 Å². The molecule has 1 amide bonds. The van der Waals surface area contributed by atoms with Crippen molar-refractivity contribution in [3.05, 3.63) is 64.7 Å². The number of amides is 1. The maximum Gasteiger partial charge on any atom is 0.261 e. The van der Waals surface area contributed by atoms with Crippen LogP contribution in [0.5, 0.6) is 5.75 Å². The fraction of sp³-hybridized carbons (Fsp3) is 0.435. The summed E-state index contributed by atoms with van der Waals surface area (Å²) in [5.41, 5.74) is 4.88. The highest BCUT2D eigenvalue weighted by Crippen LogP contribution is 2.25. The Hall–Kier alpha value is -2.29. The number of ether oxygens (including phenoxy) is 1. The molecule has 2 atom stereocenters. The molecule has 1 N–H and O–H groups in total. The zero-order valence-electron chi connectivity index (χ0n) is 17.0. The predicted octanol–water partition coefficient (Wildman–Crippen LogP) is 5.25. The van der Waals surface area contributed by atoms with Crippen LogP contribution in [0.4, 0.5) is 0 Å². The van der Waals surface area contributed by atoms with E-state index >= 15 is 0 Å². The minimum atomic E-state index is -0.552. The quantitative estimate of drug-likeness (QED) is 0.798. The van der Waals surface area contributed by atoms with Gasteiger partial charge in [-0.25, -0.2) is 0 Å². The molecule has 2 unspecified atom stereocenters. The molecule has 0 aliphatic rings. The Morgan fingerprint density at radius 1 is 1.00 bits per heavy atom. The van der Waals surface area contributed by atoms with Gasteiger partial charge in [-0.05, 0) is 61.9 Å². The molecule has 0 saturated carbocycles. The van der Waals surface area contributed by atoms with Crippen molar-refractivity contribution in [1.82, 2.24) is 5.32 Å². The zero-order chi connectivity index (χ0) is 19.5. The Morgan fingerprint density at radius 3 is 2.15 bits per heavy atom. The highest BCUT2D eigenvalue weighted by atomic mass is 16.5.